The first kappa shape index (κ1) is 29.2. The average Bonchev–Trinajstić information content (AvgIpc) is 3.64. The fourth-order valence-corrected chi connectivity index (χ4v) is 5.27. The molecular weight excluding hydrogens is 543 g/mol. The number of amides is 2. The molecule has 0 saturated heterocycles. The number of nitrogen functional groups attached to an aromatic ring is 1. The summed E-state index contributed by atoms with van der Waals surface area (Å²) in [6, 6.07) is 4.71. The maximum absolute atomic E-state index is 15.1. The molecule has 2 aliphatic carbocycles. The zero-order valence-electron chi connectivity index (χ0n) is 24.2. The molecule has 222 valence electrons. The molecule has 11 nitrogen and oxygen atoms in total. The molecule has 1 aromatic carbocycles. The molecule has 1 saturated carbocycles. The Bertz CT molecular complexity index is 1540. The molecule has 0 bridgehead atoms. The van der Waals surface area contributed by atoms with Crippen molar-refractivity contribution in [3.05, 3.63) is 58.8 Å². The number of aromatic nitrogens is 3. The fourth-order valence-electron chi connectivity index (χ4n) is 5.27. The van der Waals surface area contributed by atoms with Crippen molar-refractivity contribution in [1.29, 1.82) is 0 Å². The van der Waals surface area contributed by atoms with Gasteiger partial charge < -0.3 is 30.5 Å². The molecule has 2 amide bonds. The topological polar surface area (TPSA) is 153 Å². The summed E-state index contributed by atoms with van der Waals surface area (Å²) in [5.74, 6) is -1.04. The number of likely N-dealkylation sites (N-methyl/N-ethyl adjacent to an activating group) is 1. The normalized spacial score (nSPS) is 14.8. The third kappa shape index (κ3) is 5.85. The van der Waals surface area contributed by atoms with Crippen LogP contribution in [0.3, 0.4) is 0 Å². The molecule has 0 aliphatic heterocycles. The van der Waals surface area contributed by atoms with Crippen LogP contribution < -0.4 is 15.8 Å². The number of carbonyl (C=O) groups is 2. The summed E-state index contributed by atoms with van der Waals surface area (Å²) in [6.45, 7) is 5.04. The number of nitrogens with zero attached hydrogens (tertiary/aromatic N) is 4. The highest BCUT2D eigenvalue weighted by Crippen LogP contribution is 2.57. The highest BCUT2D eigenvalue weighted by molar-refractivity contribution is 6.05. The van der Waals surface area contributed by atoms with E-state index in [-0.39, 0.29) is 52.8 Å². The van der Waals surface area contributed by atoms with Crippen LogP contribution in [0.4, 0.5) is 20.8 Å². The average molecular weight is 579 g/mol. The van der Waals surface area contributed by atoms with Crippen molar-refractivity contribution in [1.82, 2.24) is 19.9 Å². The highest BCUT2D eigenvalue weighted by Gasteiger charge is 2.48. The van der Waals surface area contributed by atoms with Crippen LogP contribution in [0.25, 0.3) is 11.3 Å². The van der Waals surface area contributed by atoms with Crippen molar-refractivity contribution in [3.63, 3.8) is 0 Å². The quantitative estimate of drug-likeness (QED) is 0.356. The van der Waals surface area contributed by atoms with Crippen molar-refractivity contribution < 1.29 is 28.6 Å². The summed E-state index contributed by atoms with van der Waals surface area (Å²) in [5.41, 5.74) is 8.38. The summed E-state index contributed by atoms with van der Waals surface area (Å²) >= 11 is 0. The second kappa shape index (κ2) is 11.2. The van der Waals surface area contributed by atoms with Gasteiger partial charge in [0, 0.05) is 24.4 Å². The number of aliphatic hydroxyl groups excluding tert-OH is 1. The number of ether oxygens (including phenoxy) is 2. The second-order valence-corrected chi connectivity index (χ2v) is 11.8. The van der Waals surface area contributed by atoms with E-state index in [9.17, 15) is 14.7 Å². The number of halogens is 1. The molecule has 0 unspecified atom stereocenters. The monoisotopic (exact) mass is 578 g/mol. The number of aryl methyl sites for hydroxylation is 1. The molecule has 42 heavy (non-hydrogen) atoms. The second-order valence-electron chi connectivity index (χ2n) is 11.8. The van der Waals surface area contributed by atoms with Crippen LogP contribution in [0.2, 0.25) is 0 Å². The van der Waals surface area contributed by atoms with Crippen LogP contribution in [0.5, 0.6) is 5.75 Å². The minimum atomic E-state index is -0.671. The van der Waals surface area contributed by atoms with Crippen molar-refractivity contribution in [2.24, 2.45) is 0 Å². The molecule has 0 radical (unpaired) electrons. The van der Waals surface area contributed by atoms with E-state index in [4.69, 9.17) is 15.2 Å². The van der Waals surface area contributed by atoms with Crippen LogP contribution in [-0.4, -0.2) is 62.8 Å². The van der Waals surface area contributed by atoms with E-state index < -0.39 is 30.0 Å². The maximum atomic E-state index is 15.1. The lowest BCUT2D eigenvalue weighted by molar-refractivity contribution is 0.0278. The number of pyridine rings is 1. The van der Waals surface area contributed by atoms with Crippen LogP contribution in [-0.2, 0) is 23.2 Å². The van der Waals surface area contributed by atoms with Gasteiger partial charge in [0.05, 0.1) is 18.7 Å². The Morgan fingerprint density at radius 2 is 1.95 bits per heavy atom. The lowest BCUT2D eigenvalue weighted by atomic mass is 9.96. The third-order valence-corrected chi connectivity index (χ3v) is 7.65. The first-order valence-electron chi connectivity index (χ1n) is 13.8. The van der Waals surface area contributed by atoms with Crippen LogP contribution >= 0.6 is 0 Å². The number of nitrogens with two attached hydrogens (primary N) is 1. The van der Waals surface area contributed by atoms with Gasteiger partial charge in [-0.15, -0.1) is 0 Å². The predicted molar refractivity (Wildman–Crippen MR) is 154 cm³/mol. The third-order valence-electron chi connectivity index (χ3n) is 7.65. The molecule has 0 atom stereocenters. The Morgan fingerprint density at radius 3 is 2.64 bits per heavy atom. The van der Waals surface area contributed by atoms with Crippen LogP contribution in [0.15, 0.2) is 30.7 Å². The maximum Gasteiger partial charge on any atom is 0.410 e. The van der Waals surface area contributed by atoms with E-state index in [2.05, 4.69) is 20.3 Å². The molecule has 3 aromatic rings. The first-order valence-corrected chi connectivity index (χ1v) is 13.8. The summed E-state index contributed by atoms with van der Waals surface area (Å²) in [5, 5.41) is 13.0. The van der Waals surface area contributed by atoms with E-state index >= 15 is 4.39 Å². The molecule has 2 heterocycles. The fraction of sp³-hybridized carbons (Fsp3) is 0.433. The van der Waals surface area contributed by atoms with Gasteiger partial charge in [0.15, 0.2) is 11.6 Å². The number of hydrogen-bond acceptors (Lipinski definition) is 9. The lowest BCUT2D eigenvalue weighted by Gasteiger charge is -2.24. The minimum absolute atomic E-state index is 0.0415. The van der Waals surface area contributed by atoms with Gasteiger partial charge >= 0.3 is 6.09 Å². The SMILES string of the molecule is CN(CCOc1c(N)ncnc1-c1ccnc(NC(=O)c2cc3c(cc2F)C2(CC3)CC2)c1CO)C(=O)OC(C)(C)C. The number of carbonyl (C=O) groups excluding carboxylic acids is 2. The Morgan fingerprint density at radius 1 is 1.19 bits per heavy atom. The highest BCUT2D eigenvalue weighted by atomic mass is 19.1. The summed E-state index contributed by atoms with van der Waals surface area (Å²) in [7, 11) is 1.58. The van der Waals surface area contributed by atoms with Crippen molar-refractivity contribution in [3.8, 4) is 17.0 Å². The number of hydrogen-bond donors (Lipinski definition) is 3. The first-order chi connectivity index (χ1) is 19.9. The van der Waals surface area contributed by atoms with Crippen LogP contribution in [0, 0.1) is 5.82 Å². The lowest BCUT2D eigenvalue weighted by Crippen LogP contribution is -2.36. The van der Waals surface area contributed by atoms with Gasteiger partial charge in [-0.3, -0.25) is 4.79 Å². The van der Waals surface area contributed by atoms with E-state index in [1.807, 2.05) is 0 Å². The number of benzene rings is 1. The number of nitrogens with one attached hydrogen (secondary N) is 1. The molecule has 12 heteroatoms. The minimum Gasteiger partial charge on any atom is -0.486 e. The van der Waals surface area contributed by atoms with Crippen molar-refractivity contribution in [2.45, 2.75) is 64.1 Å². The zero-order valence-corrected chi connectivity index (χ0v) is 24.2. The van der Waals surface area contributed by atoms with E-state index in [0.29, 0.717) is 5.56 Å². The van der Waals surface area contributed by atoms with Crippen LogP contribution in [0.1, 0.15) is 67.1 Å². The van der Waals surface area contributed by atoms with Crippen molar-refractivity contribution in [2.75, 3.05) is 31.2 Å². The molecule has 4 N–H and O–H groups in total. The standard InChI is InChI=1S/C30H35FN6O5/c1-29(2,3)42-28(40)37(4)11-12-41-24-23(34-16-35-25(24)32)18-6-10-33-26(20(18)15-38)36-27(39)19-13-17-5-7-30(8-9-30)21(17)14-22(19)31/h6,10,13-14,16,38H,5,7-9,11-12,15H2,1-4H3,(H2,32,34,35)(H,33,36,39). The Balaban J connectivity index is 1.36. The van der Waals surface area contributed by atoms with E-state index in [1.54, 1.807) is 40.0 Å². The predicted octanol–water partition coefficient (Wildman–Crippen LogP) is 4.23. The summed E-state index contributed by atoms with van der Waals surface area (Å²) < 4.78 is 26.4. The Hall–Kier alpha value is -4.32. The number of anilines is 2. The van der Waals surface area contributed by atoms with Gasteiger partial charge in [-0.25, -0.2) is 24.1 Å². The molecule has 1 spiro atoms. The van der Waals surface area contributed by atoms with Gasteiger partial charge in [0.25, 0.3) is 5.91 Å². The van der Waals surface area contributed by atoms with E-state index in [0.717, 1.165) is 36.8 Å². The zero-order chi connectivity index (χ0) is 30.2. The molecular formula is C30H35FN6O5. The van der Waals surface area contributed by atoms with Gasteiger partial charge in [0.1, 0.15) is 35.9 Å². The molecule has 1 fully saturated rings. The smallest absolute Gasteiger partial charge is 0.410 e. The number of rotatable bonds is 8. The molecule has 2 aromatic heterocycles. The van der Waals surface area contributed by atoms with E-state index in [1.165, 1.54) is 23.5 Å². The van der Waals surface area contributed by atoms with Gasteiger partial charge in [0.2, 0.25) is 0 Å². The Labute approximate surface area is 243 Å². The van der Waals surface area contributed by atoms with Gasteiger partial charge in [-0.05, 0) is 81.2 Å². The molecule has 5 rings (SSSR count). The summed E-state index contributed by atoms with van der Waals surface area (Å²) in [4.78, 5) is 39.4. The summed E-state index contributed by atoms with van der Waals surface area (Å²) in [6.07, 6.45) is 6.08. The number of fused-ring (bicyclic) bond motifs is 2. The largest absolute Gasteiger partial charge is 0.486 e. The number of aliphatic hydroxyl groups is 1. The van der Waals surface area contributed by atoms with Gasteiger partial charge in [-0.1, -0.05) is 0 Å². The molecule has 2 aliphatic rings. The van der Waals surface area contributed by atoms with Gasteiger partial charge in [-0.2, -0.15) is 0 Å². The Kier molecular flexibility index (Phi) is 7.76. The van der Waals surface area contributed by atoms with Crippen molar-refractivity contribution >= 4 is 23.6 Å².